The number of nitrogens with two attached hydrogens (primary N) is 1. The number of nitrogens with one attached hydrogen (secondary N) is 1. The third-order valence-electron chi connectivity index (χ3n) is 6.67. The van der Waals surface area contributed by atoms with Crippen molar-refractivity contribution < 1.29 is 46.4 Å². The van der Waals surface area contributed by atoms with Crippen LogP contribution in [0.2, 0.25) is 0 Å². The molecule has 2 aromatic heterocycles. The maximum absolute atomic E-state index is 15.6. The lowest BCUT2D eigenvalue weighted by Crippen LogP contribution is -2.20. The number of phenolic OH excluding ortho intramolecular Hbond substituents is 1. The summed E-state index contributed by atoms with van der Waals surface area (Å²) >= 11 is 0. The molecule has 0 radical (unpaired) electrons. The molecule has 5 N–H and O–H groups in total. The predicted octanol–water partition coefficient (Wildman–Crippen LogP) is 3.45. The zero-order valence-electron chi connectivity index (χ0n) is 24.5. The van der Waals surface area contributed by atoms with Gasteiger partial charge in [-0.2, -0.15) is 9.37 Å². The van der Waals surface area contributed by atoms with Gasteiger partial charge in [0.1, 0.15) is 23.3 Å². The van der Waals surface area contributed by atoms with Crippen molar-refractivity contribution in [3.05, 3.63) is 77.1 Å². The Kier molecular flexibility index (Phi) is 8.98. The van der Waals surface area contributed by atoms with E-state index in [1.165, 1.54) is 13.0 Å². The molecule has 244 valence electrons. The first-order chi connectivity index (χ1) is 22.3. The molecule has 0 spiro atoms. The van der Waals surface area contributed by atoms with E-state index in [1.807, 2.05) is 0 Å². The first-order valence-electron chi connectivity index (χ1n) is 13.5. The number of hydrogen-bond acceptors (Lipinski definition) is 14. The fourth-order valence-corrected chi connectivity index (χ4v) is 5.45. The van der Waals surface area contributed by atoms with E-state index in [9.17, 15) is 27.8 Å². The van der Waals surface area contributed by atoms with Crippen LogP contribution in [0.1, 0.15) is 34.6 Å². The van der Waals surface area contributed by atoms with E-state index in [2.05, 4.69) is 19.9 Å². The van der Waals surface area contributed by atoms with Crippen molar-refractivity contribution in [1.82, 2.24) is 19.9 Å². The quantitative estimate of drug-likeness (QED) is 0.0823. The van der Waals surface area contributed by atoms with Crippen LogP contribution in [0.15, 0.2) is 63.8 Å². The summed E-state index contributed by atoms with van der Waals surface area (Å²) in [5.74, 6) is -7.62. The Morgan fingerprint density at radius 2 is 1.87 bits per heavy atom. The topological polar surface area (TPSA) is 223 Å². The second-order valence-electron chi connectivity index (χ2n) is 9.81. The average molecular weight is 670 g/mol. The molecule has 3 heterocycles. The number of halogens is 2. The summed E-state index contributed by atoms with van der Waals surface area (Å²) in [6.07, 6.45) is 2.12. The lowest BCUT2D eigenvalue weighted by atomic mass is 10.1. The number of ether oxygens (including phenoxy) is 3. The Labute approximate surface area is 265 Å². The highest BCUT2D eigenvalue weighted by Crippen LogP contribution is 2.41. The Balaban J connectivity index is 1.54. The molecular weight excluding hydrogens is 644 g/mol. The third-order valence-corrected chi connectivity index (χ3v) is 8.23. The number of esters is 1. The number of carbonyl (C=O) groups is 1. The van der Waals surface area contributed by atoms with E-state index in [-0.39, 0.29) is 40.0 Å². The Morgan fingerprint density at radius 1 is 1.11 bits per heavy atom. The van der Waals surface area contributed by atoms with E-state index in [4.69, 9.17) is 25.4 Å². The molecule has 0 fully saturated rings. The molecular formula is C29H25F2N7O8S. The summed E-state index contributed by atoms with van der Waals surface area (Å²) in [7, 11) is -2.87. The molecule has 0 saturated heterocycles. The van der Waals surface area contributed by atoms with E-state index in [1.54, 1.807) is 18.2 Å². The lowest BCUT2D eigenvalue weighted by molar-refractivity contribution is 0.0521. The predicted molar refractivity (Wildman–Crippen MR) is 159 cm³/mol. The second kappa shape index (κ2) is 12.9. The van der Waals surface area contributed by atoms with Crippen LogP contribution >= 0.6 is 0 Å². The largest absolute Gasteiger partial charge is 0.504 e. The average Bonchev–Trinajstić information content (AvgIpc) is 3.46. The maximum Gasteiger partial charge on any atom is 0.345 e. The van der Waals surface area contributed by atoms with Crippen LogP contribution in [0.25, 0.3) is 0 Å². The van der Waals surface area contributed by atoms with Gasteiger partial charge in [0.2, 0.25) is 27.3 Å². The number of carbonyl (C=O) groups excluding carboxylic acids is 1. The number of phenols is 1. The van der Waals surface area contributed by atoms with Gasteiger partial charge in [-0.05, 0) is 50.4 Å². The highest BCUT2D eigenvalue weighted by Gasteiger charge is 2.30. The number of aromatic nitrogens is 3. The molecule has 15 nitrogen and oxygen atoms in total. The van der Waals surface area contributed by atoms with Crippen molar-refractivity contribution in [1.29, 1.82) is 5.41 Å². The fraction of sp³-hybridized carbons (Fsp3) is 0.172. The van der Waals surface area contributed by atoms with Crippen molar-refractivity contribution in [3.63, 3.8) is 0 Å². The minimum Gasteiger partial charge on any atom is -0.504 e. The number of nitrogens with zero attached hydrogens (tertiary/aromatic N) is 5. The van der Waals surface area contributed by atoms with E-state index >= 15 is 4.39 Å². The summed E-state index contributed by atoms with van der Waals surface area (Å²) in [4.78, 5) is 28.5. The van der Waals surface area contributed by atoms with E-state index < -0.39 is 67.6 Å². The standard InChI is InChI=1S/C29H25F2N7O8S/c1-3-44-28(41)17-12-36-29(37-26(17)40)47(42,43)15-5-7-20(16(11-15)25-34-8-9-38(25)2)45-23-18(30)13-35-27(22(23)31)46-21-10-14(24(32)33)4-6-19(21)39/h4-8,10-13,25,39H,3,9H2,1-2H3,(H3,32,33)(H,36,37,40). The Morgan fingerprint density at radius 3 is 2.53 bits per heavy atom. The molecule has 0 amide bonds. The highest BCUT2D eigenvalue weighted by atomic mass is 32.2. The lowest BCUT2D eigenvalue weighted by Gasteiger charge is -2.22. The molecule has 1 aliphatic heterocycles. The number of aromatic hydroxyl groups is 2. The van der Waals surface area contributed by atoms with Crippen molar-refractivity contribution in [2.24, 2.45) is 10.7 Å². The van der Waals surface area contributed by atoms with E-state index in [0.717, 1.165) is 36.5 Å². The maximum atomic E-state index is 15.6. The smallest absolute Gasteiger partial charge is 0.345 e. The Bertz CT molecular complexity index is 2050. The first kappa shape index (κ1) is 32.6. The van der Waals surface area contributed by atoms with Crippen molar-refractivity contribution in [3.8, 4) is 34.8 Å². The number of rotatable bonds is 10. The van der Waals surface area contributed by atoms with Gasteiger partial charge in [-0.3, -0.25) is 15.3 Å². The number of hydrogen-bond donors (Lipinski definition) is 4. The molecule has 47 heavy (non-hydrogen) atoms. The van der Waals surface area contributed by atoms with Crippen LogP contribution in [-0.2, 0) is 14.6 Å². The van der Waals surface area contributed by atoms with Gasteiger partial charge in [-0.1, -0.05) is 0 Å². The summed E-state index contributed by atoms with van der Waals surface area (Å²) in [5.41, 5.74) is 5.24. The Hall–Kier alpha value is -5.75. The molecule has 18 heteroatoms. The molecule has 0 bridgehead atoms. The molecule has 5 rings (SSSR count). The van der Waals surface area contributed by atoms with Crippen LogP contribution in [0.5, 0.6) is 34.8 Å². The molecule has 2 aromatic carbocycles. The van der Waals surface area contributed by atoms with Gasteiger partial charge in [0, 0.05) is 23.9 Å². The number of pyridine rings is 1. The molecule has 0 saturated carbocycles. The van der Waals surface area contributed by atoms with Crippen LogP contribution < -0.4 is 15.2 Å². The summed E-state index contributed by atoms with van der Waals surface area (Å²) < 4.78 is 73.4. The van der Waals surface area contributed by atoms with Crippen LogP contribution in [0.4, 0.5) is 8.78 Å². The van der Waals surface area contributed by atoms with Crippen molar-refractivity contribution >= 4 is 27.9 Å². The summed E-state index contributed by atoms with van der Waals surface area (Å²) in [5, 5.41) is 27.1. The SMILES string of the molecule is CCOC(=O)c1cnc(S(=O)(=O)c2ccc(Oc3c(F)cnc(Oc4cc(C(=N)N)ccc4O)c3F)c(C3N=CCN3C)c2)nc1O. The third kappa shape index (κ3) is 6.49. The molecule has 1 aliphatic rings. The van der Waals surface area contributed by atoms with Crippen molar-refractivity contribution in [2.45, 2.75) is 23.1 Å². The van der Waals surface area contributed by atoms with Gasteiger partial charge in [-0.15, -0.1) is 0 Å². The van der Waals surface area contributed by atoms with Gasteiger partial charge in [0.15, 0.2) is 17.3 Å². The van der Waals surface area contributed by atoms with Gasteiger partial charge in [0.25, 0.3) is 11.0 Å². The van der Waals surface area contributed by atoms with Gasteiger partial charge in [0.05, 0.1) is 23.9 Å². The fourth-order valence-electron chi connectivity index (χ4n) is 4.32. The van der Waals surface area contributed by atoms with Crippen LogP contribution in [0.3, 0.4) is 0 Å². The normalized spacial score (nSPS) is 14.6. The van der Waals surface area contributed by atoms with Crippen LogP contribution in [-0.4, -0.2) is 76.7 Å². The minimum absolute atomic E-state index is 0.00613. The number of nitrogen functional groups attached to an aromatic ring is 1. The first-order valence-corrected chi connectivity index (χ1v) is 15.0. The monoisotopic (exact) mass is 669 g/mol. The zero-order valence-corrected chi connectivity index (χ0v) is 25.3. The van der Waals surface area contributed by atoms with Gasteiger partial charge < -0.3 is 30.2 Å². The summed E-state index contributed by atoms with van der Waals surface area (Å²) in [6, 6.07) is 6.99. The van der Waals surface area contributed by atoms with Gasteiger partial charge >= 0.3 is 5.97 Å². The highest BCUT2D eigenvalue weighted by molar-refractivity contribution is 7.91. The second-order valence-corrected chi connectivity index (χ2v) is 11.7. The van der Waals surface area contributed by atoms with Gasteiger partial charge in [-0.25, -0.2) is 27.6 Å². The number of sulfone groups is 1. The van der Waals surface area contributed by atoms with Crippen LogP contribution in [0, 0.1) is 17.0 Å². The zero-order chi connectivity index (χ0) is 34.0. The van der Waals surface area contributed by atoms with Crippen molar-refractivity contribution in [2.75, 3.05) is 20.2 Å². The summed E-state index contributed by atoms with van der Waals surface area (Å²) in [6.45, 7) is 1.89. The molecule has 1 unspecified atom stereocenters. The molecule has 0 aliphatic carbocycles. The van der Waals surface area contributed by atoms with E-state index in [0.29, 0.717) is 12.7 Å². The molecule has 4 aromatic rings. The minimum atomic E-state index is -4.53. The molecule has 1 atom stereocenters. The number of benzene rings is 2. The number of amidine groups is 1. The number of aliphatic imine (C=N–C) groups is 1.